The molecule has 23 heavy (non-hydrogen) atoms. The largest absolute Gasteiger partial charge is 0.890 e. The fourth-order valence-electron chi connectivity index (χ4n) is 3.24. The van der Waals surface area contributed by atoms with Gasteiger partial charge in [-0.3, -0.25) is 0 Å². The molecule has 0 radical (unpaired) electrons. The van der Waals surface area contributed by atoms with Gasteiger partial charge in [0.2, 0.25) is 0 Å². The van der Waals surface area contributed by atoms with Gasteiger partial charge in [-0.25, -0.2) is 0 Å². The Morgan fingerprint density at radius 1 is 1.22 bits per heavy atom. The van der Waals surface area contributed by atoms with E-state index in [0.29, 0.717) is 11.3 Å². The van der Waals surface area contributed by atoms with Crippen molar-refractivity contribution >= 4 is 26.1 Å². The molecule has 0 aliphatic carbocycles. The van der Waals surface area contributed by atoms with Gasteiger partial charge in [-0.1, -0.05) is 0 Å². The van der Waals surface area contributed by atoms with Gasteiger partial charge in [0.1, 0.15) is 5.69 Å². The van der Waals surface area contributed by atoms with Crippen molar-refractivity contribution in [2.75, 3.05) is 0 Å². The molecule has 0 aromatic carbocycles. The summed E-state index contributed by atoms with van der Waals surface area (Å²) < 4.78 is 64.5. The van der Waals surface area contributed by atoms with E-state index in [1.807, 2.05) is 0 Å². The van der Waals surface area contributed by atoms with Crippen LogP contribution in [0.1, 0.15) is 22.6 Å². The molecule has 0 saturated carbocycles. The summed E-state index contributed by atoms with van der Waals surface area (Å²) in [5.41, 5.74) is 0.922. The highest BCUT2D eigenvalue weighted by molar-refractivity contribution is 6.61. The minimum atomic E-state index is -4.63. The van der Waals surface area contributed by atoms with Gasteiger partial charge < -0.3 is 31.4 Å². The monoisotopic (exact) mass is 326 g/mol. The number of nitrogens with zero attached hydrogens (tertiary/aromatic N) is 3. The molecule has 2 aromatic heterocycles. The fourth-order valence-corrected chi connectivity index (χ4v) is 3.24. The van der Waals surface area contributed by atoms with Crippen LogP contribution < -0.4 is 0 Å². The van der Waals surface area contributed by atoms with Gasteiger partial charge in [0.25, 0.3) is 0 Å². The summed E-state index contributed by atoms with van der Waals surface area (Å²) in [5.74, 6) is -0.586. The lowest BCUT2D eigenvalue weighted by Gasteiger charge is -2.26. The maximum atomic E-state index is 15.1. The van der Waals surface area contributed by atoms with Crippen LogP contribution >= 0.6 is 0 Å². The normalized spacial score (nSPS) is 20.9. The predicted molar refractivity (Wildman–Crippen MR) is 76.9 cm³/mol. The third-order valence-electron chi connectivity index (χ3n) is 4.18. The summed E-state index contributed by atoms with van der Waals surface area (Å²) in [6.07, 6.45) is 2.46. The van der Waals surface area contributed by atoms with E-state index in [-0.39, 0.29) is 20.6 Å². The highest BCUT2D eigenvalue weighted by atomic mass is 19.3. The van der Waals surface area contributed by atoms with Gasteiger partial charge >= 0.3 is 19.9 Å². The molecule has 0 unspecified atom stereocenters. The van der Waals surface area contributed by atoms with Gasteiger partial charge in [-0.15, -0.1) is 9.19 Å². The number of H-pyrrole nitrogens is 1. The van der Waals surface area contributed by atoms with Crippen LogP contribution in [0.5, 0.6) is 0 Å². The van der Waals surface area contributed by atoms with E-state index in [0.717, 1.165) is 10.7 Å². The number of rotatable bonds is 1. The summed E-state index contributed by atoms with van der Waals surface area (Å²) >= 11 is 0. The Morgan fingerprint density at radius 3 is 2.61 bits per heavy atom. The van der Waals surface area contributed by atoms with Gasteiger partial charge in [0, 0.05) is 6.20 Å². The smallest absolute Gasteiger partial charge is 0.545 e. The molecule has 11 heteroatoms. The Labute approximate surface area is 128 Å². The average Bonchev–Trinajstić information content (AvgIpc) is 3.10. The number of fused-ring (bicyclic) bond motifs is 2. The highest BCUT2D eigenvalue weighted by Gasteiger charge is 2.70. The number of hydrazine groups is 1. The van der Waals surface area contributed by atoms with Crippen molar-refractivity contribution in [1.82, 2.24) is 9.46 Å². The summed E-state index contributed by atoms with van der Waals surface area (Å²) in [7, 11) is -4.63. The number of aromatic nitrogens is 2. The van der Waals surface area contributed by atoms with E-state index in [1.165, 1.54) is 25.3 Å². The van der Waals surface area contributed by atoms with Crippen molar-refractivity contribution in [2.24, 2.45) is 0 Å². The van der Waals surface area contributed by atoms with Crippen molar-refractivity contribution in [3.05, 3.63) is 47.0 Å². The lowest BCUT2D eigenvalue weighted by atomic mass is 9.93. The molecule has 120 valence electrons. The molecule has 2 aliphatic heterocycles. The average molecular weight is 326 g/mol. The second-order valence-electron chi connectivity index (χ2n) is 5.73. The van der Waals surface area contributed by atoms with Crippen molar-refractivity contribution in [1.29, 1.82) is 0 Å². The number of halogens is 4. The minimum Gasteiger partial charge on any atom is -0.545 e. The number of hydrazone groups is 2. The van der Waals surface area contributed by atoms with Crippen molar-refractivity contribution < 1.29 is 31.1 Å². The zero-order valence-electron chi connectivity index (χ0n) is 12.3. The Hall–Kier alpha value is -2.45. The first kappa shape index (κ1) is 14.2. The molecule has 0 spiro atoms. The Bertz CT molecular complexity index is 885. The third kappa shape index (κ3) is 1.70. The lowest BCUT2D eigenvalue weighted by Crippen LogP contribution is -2.59. The van der Waals surface area contributed by atoms with Crippen molar-refractivity contribution in [2.45, 2.75) is 13.8 Å². The summed E-state index contributed by atoms with van der Waals surface area (Å²) in [6, 6.07) is 4.47. The van der Waals surface area contributed by atoms with Gasteiger partial charge in [-0.2, -0.15) is 0 Å². The maximum Gasteiger partial charge on any atom is 0.890 e. The Kier molecular flexibility index (Phi) is 2.52. The molecule has 0 amide bonds. The molecule has 5 nitrogen and oxygen atoms in total. The second-order valence-corrected chi connectivity index (χ2v) is 5.73. The van der Waals surface area contributed by atoms with Gasteiger partial charge in [0.05, 0.1) is 5.69 Å². The molecule has 0 fully saturated rings. The number of aromatic amines is 1. The van der Waals surface area contributed by atoms with Crippen LogP contribution in [-0.2, 0) is 4.65 Å². The molecule has 0 atom stereocenters. The lowest BCUT2D eigenvalue weighted by molar-refractivity contribution is -1.01. The molecular weight excluding hydrogens is 314 g/mol. The Morgan fingerprint density at radius 2 is 1.96 bits per heavy atom. The molecule has 0 bridgehead atoms. The zero-order chi connectivity index (χ0) is 16.6. The van der Waals surface area contributed by atoms with Gasteiger partial charge in [-0.05, 0) is 43.3 Å². The molecular formula is C12H12B2F4N4O. The Balaban J connectivity index is 2.08. The van der Waals surface area contributed by atoms with E-state index in [9.17, 15) is 8.63 Å². The van der Waals surface area contributed by atoms with Crippen molar-refractivity contribution in [3.8, 4) is 0 Å². The minimum absolute atomic E-state index is 0.0571. The van der Waals surface area contributed by atoms with Crippen LogP contribution in [0, 0.1) is 13.8 Å². The molecule has 0 saturated heterocycles. The molecule has 4 rings (SSSR count). The standard InChI is InChI=1S/C12H12B2F4N4O/c1-8-6-9(2)21-11(8)7-20-14(17,18)23-12(10-4-3-5-19-10)22(20)13(21,15)16/h3-7,19H,1-2H3. The summed E-state index contributed by atoms with van der Waals surface area (Å²) in [5, 5.41) is 0. The number of hydrogen-bond acceptors (Lipinski definition) is 1. The molecule has 2 aliphatic rings. The molecule has 4 heterocycles. The van der Waals surface area contributed by atoms with Crippen LogP contribution in [0.2, 0.25) is 0 Å². The maximum absolute atomic E-state index is 15.1. The predicted octanol–water partition coefficient (Wildman–Crippen LogP) is 1.88. The SMILES string of the molecule is Cc1cc(C)n2c1C=[N+]1[N+](=C(c3ccc[nH]3)O[B-]1(F)F)[B-]2(F)F. The van der Waals surface area contributed by atoms with E-state index in [4.69, 9.17) is 0 Å². The third-order valence-corrected chi connectivity index (χ3v) is 4.18. The molecule has 2 aromatic rings. The zero-order valence-corrected chi connectivity index (χ0v) is 12.3. The topological polar surface area (TPSA) is 36.0 Å². The first-order valence-corrected chi connectivity index (χ1v) is 7.08. The second kappa shape index (κ2) is 4.09. The van der Waals surface area contributed by atoms with Crippen LogP contribution in [0.25, 0.3) is 0 Å². The van der Waals surface area contributed by atoms with E-state index in [1.54, 1.807) is 13.0 Å². The highest BCUT2D eigenvalue weighted by Crippen LogP contribution is 2.32. The van der Waals surface area contributed by atoms with Crippen LogP contribution in [-0.4, -0.2) is 44.8 Å². The first-order valence-electron chi connectivity index (χ1n) is 7.08. The van der Waals surface area contributed by atoms with E-state index >= 15 is 8.63 Å². The van der Waals surface area contributed by atoms with Crippen LogP contribution in [0.15, 0.2) is 24.4 Å². The van der Waals surface area contributed by atoms with E-state index < -0.39 is 19.9 Å². The summed E-state index contributed by atoms with van der Waals surface area (Å²) in [6.45, 7) is -1.39. The number of nitrogens with one attached hydrogen (secondary N) is 1. The molecule has 1 N–H and O–H groups in total. The number of hydrogen-bond donors (Lipinski definition) is 1. The van der Waals surface area contributed by atoms with Crippen molar-refractivity contribution in [3.63, 3.8) is 0 Å². The van der Waals surface area contributed by atoms with Crippen LogP contribution in [0.3, 0.4) is 0 Å². The quantitative estimate of drug-likeness (QED) is 0.631. The fraction of sp³-hybridized carbons (Fsp3) is 0.167. The van der Waals surface area contributed by atoms with Crippen LogP contribution in [0.4, 0.5) is 17.3 Å². The first-order chi connectivity index (χ1) is 10.7. The number of aryl methyl sites for hydroxylation is 2. The van der Waals surface area contributed by atoms with Gasteiger partial charge in [0.15, 0.2) is 6.21 Å². The summed E-state index contributed by atoms with van der Waals surface area (Å²) in [4.78, 5) is 2.63. The van der Waals surface area contributed by atoms with E-state index in [2.05, 4.69) is 9.64 Å².